The smallest absolute Gasteiger partial charge is 0.277 e. The highest BCUT2D eigenvalue weighted by Gasteiger charge is 2.25. The SMILES string of the molecule is O=C(Nc1ccc2c(c1)CCC(=O)N2Cc1ccccc1)c1cc(-c2ccccc2)on1. The molecule has 0 spiro atoms. The zero-order chi connectivity index (χ0) is 21.9. The Kier molecular flexibility index (Phi) is 5.25. The van der Waals surface area contributed by atoms with Crippen LogP contribution in [0.15, 0.2) is 89.5 Å². The van der Waals surface area contributed by atoms with Gasteiger partial charge in [-0.2, -0.15) is 0 Å². The largest absolute Gasteiger partial charge is 0.355 e. The maximum atomic E-state index is 12.7. The van der Waals surface area contributed by atoms with E-state index in [1.807, 2.05) is 83.8 Å². The number of carbonyl (C=O) groups is 2. The second kappa shape index (κ2) is 8.51. The monoisotopic (exact) mass is 423 g/mol. The van der Waals surface area contributed by atoms with Gasteiger partial charge in [0.2, 0.25) is 5.91 Å². The first-order chi connectivity index (χ1) is 15.7. The fraction of sp³-hybridized carbons (Fsp3) is 0.115. The van der Waals surface area contributed by atoms with Gasteiger partial charge in [0.1, 0.15) is 0 Å². The lowest BCUT2D eigenvalue weighted by atomic mass is 9.99. The van der Waals surface area contributed by atoms with E-state index < -0.39 is 0 Å². The average Bonchev–Trinajstić information content (AvgIpc) is 3.33. The number of amides is 2. The second-order valence-electron chi connectivity index (χ2n) is 7.71. The first-order valence-corrected chi connectivity index (χ1v) is 10.5. The molecule has 1 aliphatic rings. The van der Waals surface area contributed by atoms with Gasteiger partial charge >= 0.3 is 0 Å². The molecular formula is C26H21N3O3. The van der Waals surface area contributed by atoms with E-state index in [9.17, 15) is 9.59 Å². The molecule has 1 N–H and O–H groups in total. The minimum Gasteiger partial charge on any atom is -0.355 e. The quantitative estimate of drug-likeness (QED) is 0.486. The Morgan fingerprint density at radius 2 is 1.69 bits per heavy atom. The lowest BCUT2D eigenvalue weighted by Gasteiger charge is -2.30. The Balaban J connectivity index is 1.33. The summed E-state index contributed by atoms with van der Waals surface area (Å²) in [6.45, 7) is 0.527. The van der Waals surface area contributed by atoms with Crippen molar-refractivity contribution >= 4 is 23.2 Å². The standard InChI is InChI=1S/C26H21N3O3/c30-25-14-11-20-15-21(12-13-23(20)29(25)17-18-7-3-1-4-8-18)27-26(31)22-16-24(32-28-22)19-9-5-2-6-10-19/h1-10,12-13,15-16H,11,14,17H2,(H,27,31). The van der Waals surface area contributed by atoms with Gasteiger partial charge in [0.25, 0.3) is 5.91 Å². The Hall–Kier alpha value is -4.19. The number of hydrogen-bond donors (Lipinski definition) is 1. The second-order valence-corrected chi connectivity index (χ2v) is 7.71. The minimum absolute atomic E-state index is 0.106. The number of anilines is 2. The zero-order valence-corrected chi connectivity index (χ0v) is 17.3. The molecule has 0 unspecified atom stereocenters. The molecule has 1 aliphatic heterocycles. The predicted molar refractivity (Wildman–Crippen MR) is 122 cm³/mol. The molecular weight excluding hydrogens is 402 g/mol. The summed E-state index contributed by atoms with van der Waals surface area (Å²) in [7, 11) is 0. The van der Waals surface area contributed by atoms with Crippen LogP contribution < -0.4 is 10.2 Å². The highest BCUT2D eigenvalue weighted by atomic mass is 16.5. The number of carbonyl (C=O) groups excluding carboxylic acids is 2. The first kappa shape index (κ1) is 19.8. The van der Waals surface area contributed by atoms with Gasteiger partial charge in [-0.15, -0.1) is 0 Å². The predicted octanol–water partition coefficient (Wildman–Crippen LogP) is 5.07. The van der Waals surface area contributed by atoms with Crippen molar-refractivity contribution in [1.82, 2.24) is 5.16 Å². The first-order valence-electron chi connectivity index (χ1n) is 10.5. The molecule has 0 fully saturated rings. The lowest BCUT2D eigenvalue weighted by Crippen LogP contribution is -2.34. The molecule has 2 heterocycles. The summed E-state index contributed by atoms with van der Waals surface area (Å²) in [6.07, 6.45) is 1.09. The molecule has 4 aromatic rings. The van der Waals surface area contributed by atoms with Crippen molar-refractivity contribution in [2.45, 2.75) is 19.4 Å². The Labute approximate surface area is 185 Å². The van der Waals surface area contributed by atoms with Crippen LogP contribution >= 0.6 is 0 Å². The number of aryl methyl sites for hydroxylation is 1. The molecule has 5 rings (SSSR count). The van der Waals surface area contributed by atoms with Gasteiger partial charge in [0.05, 0.1) is 6.54 Å². The third-order valence-corrected chi connectivity index (χ3v) is 5.52. The van der Waals surface area contributed by atoms with E-state index in [2.05, 4.69) is 10.5 Å². The fourth-order valence-electron chi connectivity index (χ4n) is 3.89. The van der Waals surface area contributed by atoms with Crippen molar-refractivity contribution in [2.24, 2.45) is 0 Å². The van der Waals surface area contributed by atoms with Crippen LogP contribution in [0.2, 0.25) is 0 Å². The highest BCUT2D eigenvalue weighted by molar-refractivity contribution is 6.04. The summed E-state index contributed by atoms with van der Waals surface area (Å²) in [4.78, 5) is 27.1. The van der Waals surface area contributed by atoms with Crippen LogP contribution in [0.25, 0.3) is 11.3 Å². The Morgan fingerprint density at radius 3 is 2.47 bits per heavy atom. The summed E-state index contributed by atoms with van der Waals surface area (Å²) in [5.41, 5.74) is 4.72. The lowest BCUT2D eigenvalue weighted by molar-refractivity contribution is -0.119. The summed E-state index contributed by atoms with van der Waals surface area (Å²) in [5.74, 6) is 0.300. The van der Waals surface area contributed by atoms with Crippen LogP contribution in [0, 0.1) is 0 Å². The molecule has 32 heavy (non-hydrogen) atoms. The van der Waals surface area contributed by atoms with E-state index in [0.29, 0.717) is 30.8 Å². The van der Waals surface area contributed by atoms with Crippen molar-refractivity contribution in [3.05, 3.63) is 102 Å². The van der Waals surface area contributed by atoms with Crippen LogP contribution in [0.4, 0.5) is 11.4 Å². The van der Waals surface area contributed by atoms with Crippen LogP contribution in [-0.4, -0.2) is 17.0 Å². The molecule has 0 saturated heterocycles. The summed E-state index contributed by atoms with van der Waals surface area (Å²) < 4.78 is 5.33. The topological polar surface area (TPSA) is 75.4 Å². The molecule has 158 valence electrons. The maximum Gasteiger partial charge on any atom is 0.277 e. The van der Waals surface area contributed by atoms with Crippen LogP contribution in [0.1, 0.15) is 28.0 Å². The molecule has 6 heteroatoms. The summed E-state index contributed by atoms with van der Waals surface area (Å²) in [6, 6.07) is 26.7. The van der Waals surface area contributed by atoms with Crippen LogP contribution in [0.5, 0.6) is 0 Å². The van der Waals surface area contributed by atoms with E-state index in [0.717, 1.165) is 22.4 Å². The van der Waals surface area contributed by atoms with Crippen molar-refractivity contribution in [3.8, 4) is 11.3 Å². The number of benzene rings is 3. The fourth-order valence-corrected chi connectivity index (χ4v) is 3.89. The highest BCUT2D eigenvalue weighted by Crippen LogP contribution is 2.32. The van der Waals surface area contributed by atoms with E-state index in [1.165, 1.54) is 0 Å². The molecule has 3 aromatic carbocycles. The van der Waals surface area contributed by atoms with Gasteiger partial charge in [-0.1, -0.05) is 65.8 Å². The molecule has 1 aromatic heterocycles. The van der Waals surface area contributed by atoms with Crippen LogP contribution in [0.3, 0.4) is 0 Å². The molecule has 2 amide bonds. The van der Waals surface area contributed by atoms with Crippen molar-refractivity contribution in [3.63, 3.8) is 0 Å². The van der Waals surface area contributed by atoms with Crippen molar-refractivity contribution in [1.29, 1.82) is 0 Å². The third kappa shape index (κ3) is 4.03. The normalized spacial score (nSPS) is 13.0. The number of nitrogens with one attached hydrogen (secondary N) is 1. The maximum absolute atomic E-state index is 12.7. The number of fused-ring (bicyclic) bond motifs is 1. The molecule has 0 radical (unpaired) electrons. The number of rotatable bonds is 5. The summed E-state index contributed by atoms with van der Waals surface area (Å²) in [5, 5.41) is 6.79. The molecule has 0 saturated carbocycles. The van der Waals surface area contributed by atoms with Gasteiger partial charge in [-0.3, -0.25) is 9.59 Å². The van der Waals surface area contributed by atoms with E-state index in [-0.39, 0.29) is 17.5 Å². The number of aromatic nitrogens is 1. The Morgan fingerprint density at radius 1 is 0.938 bits per heavy atom. The van der Waals surface area contributed by atoms with E-state index in [4.69, 9.17) is 4.52 Å². The van der Waals surface area contributed by atoms with Gasteiger partial charge in [0, 0.05) is 29.4 Å². The van der Waals surface area contributed by atoms with Gasteiger partial charge in [-0.05, 0) is 35.7 Å². The molecule has 0 aliphatic carbocycles. The zero-order valence-electron chi connectivity index (χ0n) is 17.3. The van der Waals surface area contributed by atoms with Gasteiger partial charge in [0.15, 0.2) is 11.5 Å². The van der Waals surface area contributed by atoms with E-state index in [1.54, 1.807) is 6.07 Å². The molecule has 0 atom stereocenters. The summed E-state index contributed by atoms with van der Waals surface area (Å²) >= 11 is 0. The number of nitrogens with zero attached hydrogens (tertiary/aromatic N) is 2. The van der Waals surface area contributed by atoms with Gasteiger partial charge < -0.3 is 14.7 Å². The van der Waals surface area contributed by atoms with E-state index >= 15 is 0 Å². The van der Waals surface area contributed by atoms with Crippen LogP contribution in [-0.2, 0) is 17.8 Å². The van der Waals surface area contributed by atoms with Gasteiger partial charge in [-0.25, -0.2) is 0 Å². The molecule has 0 bridgehead atoms. The van der Waals surface area contributed by atoms with Crippen molar-refractivity contribution < 1.29 is 14.1 Å². The third-order valence-electron chi connectivity index (χ3n) is 5.52. The molecule has 6 nitrogen and oxygen atoms in total. The Bertz CT molecular complexity index is 1270. The van der Waals surface area contributed by atoms with Crippen molar-refractivity contribution in [2.75, 3.05) is 10.2 Å². The minimum atomic E-state index is -0.344. The average molecular weight is 423 g/mol. The number of hydrogen-bond acceptors (Lipinski definition) is 4.